The molecule has 0 aromatic heterocycles. The van der Waals surface area contributed by atoms with Crippen LogP contribution in [-0.4, -0.2) is 22.8 Å². The van der Waals surface area contributed by atoms with Crippen LogP contribution in [0, 0.1) is 0 Å². The zero-order valence-electron chi connectivity index (χ0n) is 13.0. The van der Waals surface area contributed by atoms with Gasteiger partial charge in [0, 0.05) is 17.6 Å². The maximum absolute atomic E-state index is 5.86. The lowest BCUT2D eigenvalue weighted by Gasteiger charge is -2.24. The average molecular weight is 371 g/mol. The average Bonchev–Trinajstić information content (AvgIpc) is 2.56. The summed E-state index contributed by atoms with van der Waals surface area (Å²) < 4.78 is 0. The molecule has 126 valence electrons. The largest absolute Gasteiger partial charge is 0.361 e. The lowest BCUT2D eigenvalue weighted by molar-refractivity contribution is 0.411. The van der Waals surface area contributed by atoms with Gasteiger partial charge in [-0.3, -0.25) is 10.9 Å². The Morgan fingerprint density at radius 2 is 1.65 bits per heavy atom. The quantitative estimate of drug-likeness (QED) is 0.482. The summed E-state index contributed by atoms with van der Waals surface area (Å²) in [6.07, 6.45) is 7.13. The molecule has 4 N–H and O–H groups in total. The molecule has 0 unspecified atom stereocenters. The molecular weight excluding hydrogens is 348 g/mol. The molecule has 0 bridgehead atoms. The highest BCUT2D eigenvalue weighted by Gasteiger charge is 2.13. The van der Waals surface area contributed by atoms with Crippen LogP contribution in [0.2, 0.25) is 5.02 Å². The highest BCUT2D eigenvalue weighted by molar-refractivity contribution is 7.80. The van der Waals surface area contributed by atoms with Gasteiger partial charge in [-0.2, -0.15) is 0 Å². The van der Waals surface area contributed by atoms with E-state index in [0.717, 1.165) is 18.0 Å². The maximum atomic E-state index is 5.86. The summed E-state index contributed by atoms with van der Waals surface area (Å²) in [5.74, 6) is 0. The summed E-state index contributed by atoms with van der Waals surface area (Å²) in [4.78, 5) is 0. The smallest absolute Gasteiger partial charge is 0.185 e. The second-order valence-electron chi connectivity index (χ2n) is 5.69. The van der Waals surface area contributed by atoms with Crippen LogP contribution in [0.1, 0.15) is 37.7 Å². The van der Waals surface area contributed by atoms with Crippen molar-refractivity contribution in [2.75, 3.05) is 6.54 Å². The minimum absolute atomic E-state index is 0.483. The van der Waals surface area contributed by atoms with E-state index in [-0.39, 0.29) is 0 Å². The fourth-order valence-electron chi connectivity index (χ4n) is 2.60. The van der Waals surface area contributed by atoms with Gasteiger partial charge >= 0.3 is 0 Å². The van der Waals surface area contributed by atoms with Gasteiger partial charge < -0.3 is 10.6 Å². The van der Waals surface area contributed by atoms with E-state index in [1.165, 1.54) is 37.7 Å². The standard InChI is InChI=1S/C16H23ClN4S2/c17-13-8-6-12(7-9-13)10-11-18-15(22)20-21-16(23)19-14-4-2-1-3-5-14/h6-9,14H,1-5,10-11H2,(H2,18,20,22)(H2,19,21,23). The molecule has 0 atom stereocenters. The second kappa shape index (κ2) is 9.90. The van der Waals surface area contributed by atoms with E-state index >= 15 is 0 Å². The molecule has 23 heavy (non-hydrogen) atoms. The fraction of sp³-hybridized carbons (Fsp3) is 0.500. The molecule has 1 fully saturated rings. The minimum atomic E-state index is 0.483. The van der Waals surface area contributed by atoms with Gasteiger partial charge in [0.1, 0.15) is 0 Å². The summed E-state index contributed by atoms with van der Waals surface area (Å²) in [5.41, 5.74) is 7.06. The van der Waals surface area contributed by atoms with E-state index < -0.39 is 0 Å². The van der Waals surface area contributed by atoms with Gasteiger partial charge in [-0.25, -0.2) is 0 Å². The Morgan fingerprint density at radius 1 is 1.00 bits per heavy atom. The molecule has 0 heterocycles. The van der Waals surface area contributed by atoms with Crippen LogP contribution in [0.15, 0.2) is 24.3 Å². The van der Waals surface area contributed by atoms with Crippen molar-refractivity contribution in [2.45, 2.75) is 44.6 Å². The second-order valence-corrected chi connectivity index (χ2v) is 6.94. The Kier molecular flexibility index (Phi) is 7.85. The Morgan fingerprint density at radius 3 is 2.35 bits per heavy atom. The highest BCUT2D eigenvalue weighted by atomic mass is 35.5. The number of hydrogen-bond donors (Lipinski definition) is 4. The summed E-state index contributed by atoms with van der Waals surface area (Å²) >= 11 is 16.4. The molecular formula is C16H23ClN4S2. The molecule has 0 saturated heterocycles. The van der Waals surface area contributed by atoms with Crippen molar-refractivity contribution in [3.05, 3.63) is 34.9 Å². The van der Waals surface area contributed by atoms with Crippen LogP contribution in [0.4, 0.5) is 0 Å². The lowest BCUT2D eigenvalue weighted by Crippen LogP contribution is -2.52. The molecule has 2 rings (SSSR count). The van der Waals surface area contributed by atoms with Crippen LogP contribution in [0.5, 0.6) is 0 Å². The van der Waals surface area contributed by atoms with E-state index in [1.54, 1.807) is 0 Å². The van der Waals surface area contributed by atoms with E-state index in [1.807, 2.05) is 24.3 Å². The molecule has 7 heteroatoms. The summed E-state index contributed by atoms with van der Waals surface area (Å²) in [7, 11) is 0. The van der Waals surface area contributed by atoms with E-state index in [9.17, 15) is 0 Å². The van der Waals surface area contributed by atoms with Crippen LogP contribution in [0.3, 0.4) is 0 Å². The lowest BCUT2D eigenvalue weighted by atomic mass is 9.96. The normalized spacial score (nSPS) is 14.8. The van der Waals surface area contributed by atoms with Crippen LogP contribution >= 0.6 is 36.0 Å². The topological polar surface area (TPSA) is 48.1 Å². The molecule has 1 saturated carbocycles. The third-order valence-corrected chi connectivity index (χ3v) is 4.56. The Hall–Kier alpha value is -1.11. The van der Waals surface area contributed by atoms with Gasteiger partial charge in [-0.15, -0.1) is 0 Å². The van der Waals surface area contributed by atoms with Crippen LogP contribution in [-0.2, 0) is 6.42 Å². The van der Waals surface area contributed by atoms with Gasteiger partial charge in [-0.05, 0) is 61.4 Å². The van der Waals surface area contributed by atoms with Crippen molar-refractivity contribution in [1.29, 1.82) is 0 Å². The summed E-state index contributed by atoms with van der Waals surface area (Å²) in [6, 6.07) is 8.30. The molecule has 0 radical (unpaired) electrons. The Labute approximate surface area is 153 Å². The number of halogens is 1. The van der Waals surface area contributed by atoms with E-state index in [2.05, 4.69) is 21.5 Å². The molecule has 1 aromatic carbocycles. The molecule has 1 aliphatic rings. The van der Waals surface area contributed by atoms with Gasteiger partial charge in [0.25, 0.3) is 0 Å². The van der Waals surface area contributed by atoms with Crippen molar-refractivity contribution in [3.8, 4) is 0 Å². The zero-order valence-corrected chi connectivity index (χ0v) is 15.4. The predicted molar refractivity (Wildman–Crippen MR) is 105 cm³/mol. The zero-order chi connectivity index (χ0) is 16.5. The first-order valence-electron chi connectivity index (χ1n) is 7.98. The number of hydrogen-bond acceptors (Lipinski definition) is 2. The maximum Gasteiger partial charge on any atom is 0.185 e. The molecule has 0 aliphatic heterocycles. The summed E-state index contributed by atoms with van der Waals surface area (Å²) in [5, 5.41) is 8.34. The molecule has 0 amide bonds. The number of hydrazine groups is 1. The first-order chi connectivity index (χ1) is 11.1. The predicted octanol–water partition coefficient (Wildman–Crippen LogP) is 3.06. The van der Waals surface area contributed by atoms with Crippen molar-refractivity contribution < 1.29 is 0 Å². The Bertz CT molecular complexity index is 515. The number of nitrogens with one attached hydrogen (secondary N) is 4. The third kappa shape index (κ3) is 7.33. The fourth-order valence-corrected chi connectivity index (χ4v) is 3.09. The SMILES string of the molecule is S=C(NCCc1ccc(Cl)cc1)NNC(=S)NC1CCCCC1. The van der Waals surface area contributed by atoms with Gasteiger partial charge in [-0.1, -0.05) is 43.0 Å². The van der Waals surface area contributed by atoms with Crippen molar-refractivity contribution in [2.24, 2.45) is 0 Å². The number of rotatable bonds is 4. The van der Waals surface area contributed by atoms with E-state index in [4.69, 9.17) is 36.0 Å². The molecule has 0 spiro atoms. The van der Waals surface area contributed by atoms with Gasteiger partial charge in [0.2, 0.25) is 0 Å². The van der Waals surface area contributed by atoms with Crippen molar-refractivity contribution >= 4 is 46.3 Å². The molecule has 4 nitrogen and oxygen atoms in total. The number of thiocarbonyl (C=S) groups is 2. The van der Waals surface area contributed by atoms with E-state index in [0.29, 0.717) is 16.3 Å². The van der Waals surface area contributed by atoms with Crippen LogP contribution < -0.4 is 21.5 Å². The van der Waals surface area contributed by atoms with Gasteiger partial charge in [0.05, 0.1) is 0 Å². The highest BCUT2D eigenvalue weighted by Crippen LogP contribution is 2.17. The first-order valence-corrected chi connectivity index (χ1v) is 9.18. The third-order valence-electron chi connectivity index (χ3n) is 3.84. The first kappa shape index (κ1) is 18.2. The van der Waals surface area contributed by atoms with Crippen LogP contribution in [0.25, 0.3) is 0 Å². The Balaban J connectivity index is 1.57. The summed E-state index contributed by atoms with van der Waals surface area (Å²) in [6.45, 7) is 0.748. The van der Waals surface area contributed by atoms with Crippen molar-refractivity contribution in [3.63, 3.8) is 0 Å². The molecule has 1 aromatic rings. The monoisotopic (exact) mass is 370 g/mol. The van der Waals surface area contributed by atoms with Crippen molar-refractivity contribution in [1.82, 2.24) is 21.5 Å². The number of benzene rings is 1. The molecule has 1 aliphatic carbocycles. The minimum Gasteiger partial charge on any atom is -0.361 e. The van der Waals surface area contributed by atoms with Gasteiger partial charge in [0.15, 0.2) is 10.2 Å².